The fourth-order valence-corrected chi connectivity index (χ4v) is 2.54. The minimum absolute atomic E-state index is 0.182. The van der Waals surface area contributed by atoms with Crippen molar-refractivity contribution in [3.63, 3.8) is 0 Å². The first-order valence-electron chi connectivity index (χ1n) is 8.42. The smallest absolute Gasteiger partial charge is 0.270 e. The Kier molecular flexibility index (Phi) is 5.18. The van der Waals surface area contributed by atoms with Gasteiger partial charge in [-0.15, -0.1) is 0 Å². The first-order valence-corrected chi connectivity index (χ1v) is 8.42. The second-order valence-electron chi connectivity index (χ2n) is 5.83. The molecule has 0 radical (unpaired) electrons. The largest absolute Gasteiger partial charge is 0.351 e. The highest BCUT2D eigenvalue weighted by atomic mass is 16.1. The van der Waals surface area contributed by atoms with E-state index < -0.39 is 0 Å². The number of aromatic nitrogens is 3. The van der Waals surface area contributed by atoms with E-state index in [-0.39, 0.29) is 5.91 Å². The number of aryl methyl sites for hydroxylation is 1. The van der Waals surface area contributed by atoms with Gasteiger partial charge in [-0.1, -0.05) is 31.5 Å². The number of hydrogen-bond acceptors (Lipinski definition) is 5. The maximum absolute atomic E-state index is 12.2. The maximum atomic E-state index is 12.2. The summed E-state index contributed by atoms with van der Waals surface area (Å²) in [4.78, 5) is 25.4. The van der Waals surface area contributed by atoms with E-state index in [1.54, 1.807) is 12.3 Å². The Morgan fingerprint density at radius 1 is 1.16 bits per heavy atom. The van der Waals surface area contributed by atoms with E-state index in [0.29, 0.717) is 18.2 Å². The van der Waals surface area contributed by atoms with Crippen LogP contribution in [0, 0.1) is 6.92 Å². The lowest BCUT2D eigenvalue weighted by Crippen LogP contribution is -2.25. The van der Waals surface area contributed by atoms with Gasteiger partial charge < -0.3 is 10.6 Å². The molecular weight excluding hydrogens is 314 g/mol. The molecule has 2 heterocycles. The molecule has 128 valence electrons. The van der Waals surface area contributed by atoms with Gasteiger partial charge in [0.25, 0.3) is 5.91 Å². The van der Waals surface area contributed by atoms with Crippen LogP contribution in [-0.2, 0) is 0 Å². The molecule has 0 bridgehead atoms. The second-order valence-corrected chi connectivity index (χ2v) is 5.83. The quantitative estimate of drug-likeness (QED) is 0.673. The summed E-state index contributed by atoms with van der Waals surface area (Å²) >= 11 is 0. The van der Waals surface area contributed by atoms with Crippen molar-refractivity contribution < 1.29 is 4.79 Å². The third-order valence-corrected chi connectivity index (χ3v) is 3.78. The molecule has 6 nitrogen and oxygen atoms in total. The molecule has 0 unspecified atom stereocenters. The number of unbranched alkanes of at least 4 members (excludes halogenated alkanes) is 1. The lowest BCUT2D eigenvalue weighted by atomic mass is 10.2. The fourth-order valence-electron chi connectivity index (χ4n) is 2.54. The molecule has 0 saturated carbocycles. The Morgan fingerprint density at radius 2 is 2.00 bits per heavy atom. The minimum atomic E-state index is -0.182. The van der Waals surface area contributed by atoms with Crippen molar-refractivity contribution in [3.05, 3.63) is 54.0 Å². The van der Waals surface area contributed by atoms with Crippen molar-refractivity contribution >= 4 is 28.4 Å². The molecule has 3 rings (SSSR count). The Morgan fingerprint density at radius 3 is 2.84 bits per heavy atom. The highest BCUT2D eigenvalue weighted by molar-refractivity contribution is 5.93. The standard InChI is InChI=1S/C19H21N5O/c1-3-4-10-21-18(25)16-12-13(2)22-19(24-16)23-15-9-5-7-14-8-6-11-20-17(14)15/h5-9,11-12H,3-4,10H2,1-2H3,(H,21,25)(H,22,23,24). The van der Waals surface area contributed by atoms with Crippen molar-refractivity contribution in [1.82, 2.24) is 20.3 Å². The Labute approximate surface area is 146 Å². The third-order valence-electron chi connectivity index (χ3n) is 3.78. The van der Waals surface area contributed by atoms with E-state index in [0.717, 1.165) is 35.1 Å². The zero-order chi connectivity index (χ0) is 17.6. The van der Waals surface area contributed by atoms with E-state index in [9.17, 15) is 4.79 Å². The molecule has 2 N–H and O–H groups in total. The van der Waals surface area contributed by atoms with Crippen LogP contribution in [0.4, 0.5) is 11.6 Å². The van der Waals surface area contributed by atoms with E-state index >= 15 is 0 Å². The second kappa shape index (κ2) is 7.70. The average Bonchev–Trinajstić information content (AvgIpc) is 2.62. The molecule has 0 aliphatic rings. The molecule has 1 amide bonds. The zero-order valence-electron chi connectivity index (χ0n) is 14.4. The number of carbonyl (C=O) groups is 1. The molecular formula is C19H21N5O. The van der Waals surface area contributed by atoms with Gasteiger partial charge in [-0.25, -0.2) is 9.97 Å². The van der Waals surface area contributed by atoms with Gasteiger partial charge in [0, 0.05) is 23.8 Å². The summed E-state index contributed by atoms with van der Waals surface area (Å²) in [6, 6.07) is 11.4. The fraction of sp³-hybridized carbons (Fsp3) is 0.263. The van der Waals surface area contributed by atoms with Crippen molar-refractivity contribution in [2.24, 2.45) is 0 Å². The van der Waals surface area contributed by atoms with Crippen LogP contribution in [0.25, 0.3) is 10.9 Å². The van der Waals surface area contributed by atoms with Crippen LogP contribution in [0.2, 0.25) is 0 Å². The van der Waals surface area contributed by atoms with Crippen LogP contribution in [0.1, 0.15) is 35.9 Å². The van der Waals surface area contributed by atoms with E-state index in [1.807, 2.05) is 37.3 Å². The number of rotatable bonds is 6. The molecule has 0 atom stereocenters. The summed E-state index contributed by atoms with van der Waals surface area (Å²) in [6.07, 6.45) is 3.73. The average molecular weight is 335 g/mol. The van der Waals surface area contributed by atoms with Crippen LogP contribution in [0.5, 0.6) is 0 Å². The molecule has 1 aromatic carbocycles. The lowest BCUT2D eigenvalue weighted by Gasteiger charge is -2.10. The molecule has 0 saturated heterocycles. The zero-order valence-corrected chi connectivity index (χ0v) is 14.4. The maximum Gasteiger partial charge on any atom is 0.270 e. The predicted molar refractivity (Wildman–Crippen MR) is 99.0 cm³/mol. The van der Waals surface area contributed by atoms with Gasteiger partial charge in [0.15, 0.2) is 0 Å². The van der Waals surface area contributed by atoms with Crippen LogP contribution in [0.15, 0.2) is 42.6 Å². The van der Waals surface area contributed by atoms with Gasteiger partial charge in [-0.3, -0.25) is 9.78 Å². The molecule has 0 aliphatic heterocycles. The summed E-state index contributed by atoms with van der Waals surface area (Å²) in [7, 11) is 0. The van der Waals surface area contributed by atoms with Crippen molar-refractivity contribution in [2.75, 3.05) is 11.9 Å². The summed E-state index contributed by atoms with van der Waals surface area (Å²) in [5, 5.41) is 7.09. The molecule has 2 aromatic heterocycles. The number of amides is 1. The van der Waals surface area contributed by atoms with Crippen LogP contribution >= 0.6 is 0 Å². The number of pyridine rings is 1. The number of benzene rings is 1. The first kappa shape index (κ1) is 16.8. The van der Waals surface area contributed by atoms with Crippen LogP contribution in [0.3, 0.4) is 0 Å². The van der Waals surface area contributed by atoms with Gasteiger partial charge in [-0.05, 0) is 31.5 Å². The Bertz CT molecular complexity index is 889. The lowest BCUT2D eigenvalue weighted by molar-refractivity contribution is 0.0948. The molecule has 0 fully saturated rings. The number of carbonyl (C=O) groups excluding carboxylic acids is 1. The van der Waals surface area contributed by atoms with E-state index in [2.05, 4.69) is 32.5 Å². The number of nitrogens with one attached hydrogen (secondary N) is 2. The van der Waals surface area contributed by atoms with Crippen molar-refractivity contribution in [2.45, 2.75) is 26.7 Å². The minimum Gasteiger partial charge on any atom is -0.351 e. The molecule has 25 heavy (non-hydrogen) atoms. The van der Waals surface area contributed by atoms with E-state index in [1.165, 1.54) is 0 Å². The number of anilines is 2. The Balaban J connectivity index is 1.86. The van der Waals surface area contributed by atoms with E-state index in [4.69, 9.17) is 0 Å². The van der Waals surface area contributed by atoms with Crippen molar-refractivity contribution in [1.29, 1.82) is 0 Å². The van der Waals surface area contributed by atoms with Gasteiger partial charge in [-0.2, -0.15) is 0 Å². The molecule has 6 heteroatoms. The molecule has 0 spiro atoms. The normalized spacial score (nSPS) is 10.6. The SMILES string of the molecule is CCCCNC(=O)c1cc(C)nc(Nc2cccc3cccnc23)n1. The van der Waals surface area contributed by atoms with Crippen LogP contribution in [-0.4, -0.2) is 27.4 Å². The summed E-state index contributed by atoms with van der Waals surface area (Å²) in [5.74, 6) is 0.205. The topological polar surface area (TPSA) is 79.8 Å². The monoisotopic (exact) mass is 335 g/mol. The van der Waals surface area contributed by atoms with Gasteiger partial charge in [0.2, 0.25) is 5.95 Å². The van der Waals surface area contributed by atoms with Gasteiger partial charge in [0.05, 0.1) is 11.2 Å². The molecule has 0 aliphatic carbocycles. The third kappa shape index (κ3) is 4.09. The van der Waals surface area contributed by atoms with Gasteiger partial charge >= 0.3 is 0 Å². The number of nitrogens with zero attached hydrogens (tertiary/aromatic N) is 3. The number of hydrogen-bond donors (Lipinski definition) is 2. The van der Waals surface area contributed by atoms with Crippen LogP contribution < -0.4 is 10.6 Å². The number of fused-ring (bicyclic) bond motifs is 1. The number of para-hydroxylation sites is 1. The summed E-state index contributed by atoms with van der Waals surface area (Å²) in [6.45, 7) is 4.58. The molecule has 3 aromatic rings. The highest BCUT2D eigenvalue weighted by Crippen LogP contribution is 2.23. The summed E-state index contributed by atoms with van der Waals surface area (Å²) in [5.41, 5.74) is 2.73. The van der Waals surface area contributed by atoms with Gasteiger partial charge in [0.1, 0.15) is 5.69 Å². The van der Waals surface area contributed by atoms with Crippen molar-refractivity contribution in [3.8, 4) is 0 Å². The summed E-state index contributed by atoms with van der Waals surface area (Å²) < 4.78 is 0. The first-order chi connectivity index (χ1) is 12.2. The Hall–Kier alpha value is -3.02. The predicted octanol–water partition coefficient (Wildman–Crippen LogP) is 3.61. The highest BCUT2D eigenvalue weighted by Gasteiger charge is 2.11.